The zero-order chi connectivity index (χ0) is 13.4. The Morgan fingerprint density at radius 1 is 1.37 bits per heavy atom. The van der Waals surface area contributed by atoms with E-state index in [1.54, 1.807) is 17.0 Å². The lowest BCUT2D eigenvalue weighted by atomic mass is 10.1. The van der Waals surface area contributed by atoms with E-state index in [1.165, 1.54) is 18.9 Å². The molecule has 1 aliphatic carbocycles. The molecule has 2 atom stereocenters. The van der Waals surface area contributed by atoms with Crippen LogP contribution in [-0.2, 0) is 4.79 Å². The Kier molecular flexibility index (Phi) is 3.27. The molecule has 1 saturated carbocycles. The van der Waals surface area contributed by atoms with Crippen LogP contribution in [0, 0.1) is 11.7 Å². The standard InChI is InChI=1S/C15H19FN2O/c1-10-15(19)18(9-8-11-6-7-11)14(17-10)12-4-2-3-5-13(12)16/h2-5,10-11,14,17H,6-9H2,1H3. The molecule has 1 saturated heterocycles. The number of benzene rings is 1. The van der Waals surface area contributed by atoms with Crippen LogP contribution in [0.5, 0.6) is 0 Å². The van der Waals surface area contributed by atoms with Crippen LogP contribution in [0.2, 0.25) is 0 Å². The van der Waals surface area contributed by atoms with Crippen molar-refractivity contribution >= 4 is 5.91 Å². The summed E-state index contributed by atoms with van der Waals surface area (Å²) in [4.78, 5) is 14.0. The van der Waals surface area contributed by atoms with Gasteiger partial charge >= 0.3 is 0 Å². The molecule has 0 radical (unpaired) electrons. The Balaban J connectivity index is 1.81. The quantitative estimate of drug-likeness (QED) is 0.904. The average Bonchev–Trinajstić information content (AvgIpc) is 3.17. The third-order valence-electron chi connectivity index (χ3n) is 4.05. The van der Waals surface area contributed by atoms with Crippen LogP contribution in [0.4, 0.5) is 4.39 Å². The fourth-order valence-corrected chi connectivity index (χ4v) is 2.70. The molecule has 4 heteroatoms. The van der Waals surface area contributed by atoms with Gasteiger partial charge in [0.15, 0.2) is 0 Å². The smallest absolute Gasteiger partial charge is 0.241 e. The van der Waals surface area contributed by atoms with E-state index >= 15 is 0 Å². The van der Waals surface area contributed by atoms with E-state index in [-0.39, 0.29) is 23.9 Å². The van der Waals surface area contributed by atoms with Crippen LogP contribution in [0.1, 0.15) is 37.9 Å². The summed E-state index contributed by atoms with van der Waals surface area (Å²) < 4.78 is 13.9. The van der Waals surface area contributed by atoms with E-state index in [1.807, 2.05) is 13.0 Å². The minimum atomic E-state index is -0.317. The number of rotatable bonds is 4. The van der Waals surface area contributed by atoms with Gasteiger partial charge < -0.3 is 4.90 Å². The molecule has 0 bridgehead atoms. The molecule has 0 aromatic heterocycles. The van der Waals surface area contributed by atoms with Crippen molar-refractivity contribution in [3.63, 3.8) is 0 Å². The topological polar surface area (TPSA) is 32.3 Å². The first-order valence-electron chi connectivity index (χ1n) is 6.98. The number of halogens is 1. The summed E-state index contributed by atoms with van der Waals surface area (Å²) in [5, 5.41) is 3.19. The SMILES string of the molecule is CC1NC(c2ccccc2F)N(CCC2CC2)C1=O. The number of amides is 1. The molecule has 1 aliphatic heterocycles. The maximum absolute atomic E-state index is 13.9. The number of nitrogens with one attached hydrogen (secondary N) is 1. The minimum Gasteiger partial charge on any atom is -0.321 e. The second kappa shape index (κ2) is 4.93. The zero-order valence-electron chi connectivity index (χ0n) is 11.1. The summed E-state index contributed by atoms with van der Waals surface area (Å²) in [5.74, 6) is 0.595. The Labute approximate surface area is 112 Å². The van der Waals surface area contributed by atoms with Gasteiger partial charge in [-0.2, -0.15) is 0 Å². The number of carbonyl (C=O) groups is 1. The predicted molar refractivity (Wildman–Crippen MR) is 70.8 cm³/mol. The fourth-order valence-electron chi connectivity index (χ4n) is 2.70. The summed E-state index contributed by atoms with van der Waals surface area (Å²) in [6.45, 7) is 2.56. The lowest BCUT2D eigenvalue weighted by molar-refractivity contribution is -0.129. The van der Waals surface area contributed by atoms with Gasteiger partial charge in [0.25, 0.3) is 0 Å². The summed E-state index contributed by atoms with van der Waals surface area (Å²) in [6.07, 6.45) is 3.26. The normalized spacial score (nSPS) is 27.1. The zero-order valence-corrected chi connectivity index (χ0v) is 11.1. The number of carbonyl (C=O) groups excluding carboxylic acids is 1. The van der Waals surface area contributed by atoms with Crippen LogP contribution in [0.15, 0.2) is 24.3 Å². The minimum absolute atomic E-state index is 0.0777. The van der Waals surface area contributed by atoms with Crippen molar-refractivity contribution in [1.29, 1.82) is 0 Å². The molecule has 2 unspecified atom stereocenters. The Bertz CT molecular complexity index is 487. The lowest BCUT2D eigenvalue weighted by Gasteiger charge is -2.24. The van der Waals surface area contributed by atoms with Crippen molar-refractivity contribution in [2.45, 2.75) is 38.4 Å². The van der Waals surface area contributed by atoms with Gasteiger partial charge in [0.2, 0.25) is 5.91 Å². The van der Waals surface area contributed by atoms with Crippen LogP contribution in [0.3, 0.4) is 0 Å². The van der Waals surface area contributed by atoms with Crippen molar-refractivity contribution in [2.24, 2.45) is 5.92 Å². The van der Waals surface area contributed by atoms with Gasteiger partial charge in [-0.1, -0.05) is 31.0 Å². The van der Waals surface area contributed by atoms with Crippen molar-refractivity contribution in [1.82, 2.24) is 10.2 Å². The molecule has 1 amide bonds. The number of nitrogens with zero attached hydrogens (tertiary/aromatic N) is 1. The van der Waals surface area contributed by atoms with Crippen molar-refractivity contribution in [2.75, 3.05) is 6.54 Å². The first kappa shape index (κ1) is 12.6. The van der Waals surface area contributed by atoms with Crippen LogP contribution < -0.4 is 5.32 Å². The molecule has 2 fully saturated rings. The van der Waals surface area contributed by atoms with Gasteiger partial charge in [0, 0.05) is 12.1 Å². The van der Waals surface area contributed by atoms with Gasteiger partial charge in [-0.05, 0) is 25.3 Å². The summed E-state index contributed by atoms with van der Waals surface area (Å²) in [7, 11) is 0. The highest BCUT2D eigenvalue weighted by molar-refractivity contribution is 5.84. The van der Waals surface area contributed by atoms with E-state index in [4.69, 9.17) is 0 Å². The molecule has 2 aliphatic rings. The maximum Gasteiger partial charge on any atom is 0.241 e. The van der Waals surface area contributed by atoms with Crippen LogP contribution in [0.25, 0.3) is 0 Å². The third kappa shape index (κ3) is 2.50. The highest BCUT2D eigenvalue weighted by atomic mass is 19.1. The lowest BCUT2D eigenvalue weighted by Crippen LogP contribution is -2.32. The molecule has 1 aromatic carbocycles. The average molecular weight is 262 g/mol. The van der Waals surface area contributed by atoms with E-state index in [0.717, 1.165) is 18.9 Å². The highest BCUT2D eigenvalue weighted by Crippen LogP contribution is 2.34. The summed E-state index contributed by atoms with van der Waals surface area (Å²) in [6, 6.07) is 6.45. The molecule has 1 N–H and O–H groups in total. The molecule has 19 heavy (non-hydrogen) atoms. The van der Waals surface area contributed by atoms with Gasteiger partial charge in [0.1, 0.15) is 12.0 Å². The summed E-state index contributed by atoms with van der Waals surface area (Å²) in [5.41, 5.74) is 0.566. The Morgan fingerprint density at radius 3 is 2.79 bits per heavy atom. The Hall–Kier alpha value is -1.42. The van der Waals surface area contributed by atoms with Crippen LogP contribution in [-0.4, -0.2) is 23.4 Å². The fraction of sp³-hybridized carbons (Fsp3) is 0.533. The molecule has 1 heterocycles. The molecule has 1 aromatic rings. The van der Waals surface area contributed by atoms with Crippen molar-refractivity contribution < 1.29 is 9.18 Å². The van der Waals surface area contributed by atoms with E-state index < -0.39 is 0 Å². The van der Waals surface area contributed by atoms with Crippen LogP contribution >= 0.6 is 0 Å². The van der Waals surface area contributed by atoms with E-state index in [9.17, 15) is 9.18 Å². The largest absolute Gasteiger partial charge is 0.321 e. The molecule has 0 spiro atoms. The second-order valence-electron chi connectivity index (χ2n) is 5.58. The molecular formula is C15H19FN2O. The molecule has 3 nitrogen and oxygen atoms in total. The first-order valence-corrected chi connectivity index (χ1v) is 6.98. The van der Waals surface area contributed by atoms with Gasteiger partial charge in [0.05, 0.1) is 6.04 Å². The van der Waals surface area contributed by atoms with Crippen molar-refractivity contribution in [3.05, 3.63) is 35.6 Å². The monoisotopic (exact) mass is 262 g/mol. The maximum atomic E-state index is 13.9. The molecular weight excluding hydrogens is 243 g/mol. The third-order valence-corrected chi connectivity index (χ3v) is 4.05. The summed E-state index contributed by atoms with van der Waals surface area (Å²) >= 11 is 0. The van der Waals surface area contributed by atoms with Gasteiger partial charge in [-0.25, -0.2) is 4.39 Å². The Morgan fingerprint density at radius 2 is 2.11 bits per heavy atom. The molecule has 102 valence electrons. The van der Waals surface area contributed by atoms with E-state index in [0.29, 0.717) is 5.56 Å². The number of hydrogen-bond acceptors (Lipinski definition) is 2. The second-order valence-corrected chi connectivity index (χ2v) is 5.58. The molecule has 3 rings (SSSR count). The van der Waals surface area contributed by atoms with Gasteiger partial charge in [-0.3, -0.25) is 10.1 Å². The van der Waals surface area contributed by atoms with E-state index in [2.05, 4.69) is 5.32 Å². The van der Waals surface area contributed by atoms with Gasteiger partial charge in [-0.15, -0.1) is 0 Å². The van der Waals surface area contributed by atoms with Crippen molar-refractivity contribution in [3.8, 4) is 0 Å². The first-order chi connectivity index (χ1) is 9.16. The highest BCUT2D eigenvalue weighted by Gasteiger charge is 2.38. The number of hydrogen-bond donors (Lipinski definition) is 1. The predicted octanol–water partition coefficient (Wildman–Crippen LogP) is 2.44.